The standard InChI is InChI=1S/C21H18ClFN6S/c22-20-8-17(23)7-6-16(20)12-29-14-19(10-25-29)27-21(30)26-18-9-24-28(13-18)11-15-4-2-1-3-5-15/h1-10,13-14H,11-12H2,(H2,26,27,30). The van der Waals surface area contributed by atoms with Crippen LogP contribution in [0.3, 0.4) is 0 Å². The van der Waals surface area contributed by atoms with Crippen molar-refractivity contribution in [3.8, 4) is 0 Å². The molecule has 2 N–H and O–H groups in total. The van der Waals surface area contributed by atoms with Gasteiger partial charge in [0.15, 0.2) is 5.11 Å². The molecule has 0 aliphatic rings. The minimum Gasteiger partial charge on any atom is -0.330 e. The molecule has 2 aromatic heterocycles. The van der Waals surface area contributed by atoms with E-state index in [0.717, 1.165) is 16.9 Å². The van der Waals surface area contributed by atoms with Gasteiger partial charge in [-0.2, -0.15) is 10.2 Å². The average molecular weight is 441 g/mol. The number of hydrogen-bond acceptors (Lipinski definition) is 3. The quantitative estimate of drug-likeness (QED) is 0.423. The van der Waals surface area contributed by atoms with Gasteiger partial charge in [0.1, 0.15) is 5.82 Å². The van der Waals surface area contributed by atoms with E-state index < -0.39 is 0 Å². The van der Waals surface area contributed by atoms with Crippen molar-refractivity contribution < 1.29 is 4.39 Å². The van der Waals surface area contributed by atoms with E-state index in [4.69, 9.17) is 23.8 Å². The van der Waals surface area contributed by atoms with Gasteiger partial charge in [0.25, 0.3) is 0 Å². The van der Waals surface area contributed by atoms with Crippen LogP contribution in [-0.2, 0) is 13.1 Å². The first-order chi connectivity index (χ1) is 14.5. The molecule has 0 unspecified atom stereocenters. The van der Waals surface area contributed by atoms with Crippen molar-refractivity contribution in [2.24, 2.45) is 0 Å². The predicted octanol–water partition coefficient (Wildman–Crippen LogP) is 4.78. The fourth-order valence-corrected chi connectivity index (χ4v) is 3.38. The summed E-state index contributed by atoms with van der Waals surface area (Å²) < 4.78 is 16.7. The fraction of sp³-hybridized carbons (Fsp3) is 0.0952. The van der Waals surface area contributed by atoms with Crippen LogP contribution >= 0.6 is 23.8 Å². The second-order valence-corrected chi connectivity index (χ2v) is 7.47. The Balaban J connectivity index is 1.32. The van der Waals surface area contributed by atoms with E-state index in [9.17, 15) is 4.39 Å². The number of hydrogen-bond donors (Lipinski definition) is 2. The van der Waals surface area contributed by atoms with Crippen molar-refractivity contribution in [2.45, 2.75) is 13.1 Å². The fourth-order valence-electron chi connectivity index (χ4n) is 2.92. The van der Waals surface area contributed by atoms with E-state index in [-0.39, 0.29) is 5.82 Å². The predicted molar refractivity (Wildman–Crippen MR) is 120 cm³/mol. The number of nitrogens with zero attached hydrogens (tertiary/aromatic N) is 4. The topological polar surface area (TPSA) is 59.7 Å². The minimum atomic E-state index is -0.366. The van der Waals surface area contributed by atoms with Gasteiger partial charge in [-0.25, -0.2) is 4.39 Å². The molecule has 4 aromatic rings. The molecular formula is C21H18ClFN6S. The molecule has 2 heterocycles. The van der Waals surface area contributed by atoms with Crippen LogP contribution in [0.5, 0.6) is 0 Å². The van der Waals surface area contributed by atoms with Gasteiger partial charge < -0.3 is 10.6 Å². The lowest BCUT2D eigenvalue weighted by Gasteiger charge is -2.07. The molecule has 0 fully saturated rings. The first-order valence-electron chi connectivity index (χ1n) is 9.16. The molecule has 0 bridgehead atoms. The van der Waals surface area contributed by atoms with Gasteiger partial charge in [-0.3, -0.25) is 9.36 Å². The van der Waals surface area contributed by atoms with Gasteiger partial charge in [0.05, 0.1) is 36.9 Å². The van der Waals surface area contributed by atoms with Crippen molar-refractivity contribution >= 4 is 40.3 Å². The van der Waals surface area contributed by atoms with Gasteiger partial charge in [-0.15, -0.1) is 0 Å². The Morgan fingerprint density at radius 2 is 1.57 bits per heavy atom. The maximum absolute atomic E-state index is 13.2. The summed E-state index contributed by atoms with van der Waals surface area (Å²) in [5.41, 5.74) is 3.46. The van der Waals surface area contributed by atoms with Crippen molar-refractivity contribution in [2.75, 3.05) is 10.6 Å². The zero-order chi connectivity index (χ0) is 20.9. The summed E-state index contributed by atoms with van der Waals surface area (Å²) in [6, 6.07) is 14.4. The zero-order valence-electron chi connectivity index (χ0n) is 15.8. The first kappa shape index (κ1) is 20.1. The van der Waals surface area contributed by atoms with E-state index >= 15 is 0 Å². The Labute approximate surface area is 183 Å². The average Bonchev–Trinajstić information content (AvgIpc) is 3.34. The maximum atomic E-state index is 13.2. The normalized spacial score (nSPS) is 10.7. The van der Waals surface area contributed by atoms with E-state index in [0.29, 0.717) is 23.2 Å². The van der Waals surface area contributed by atoms with Crippen LogP contribution in [0.15, 0.2) is 73.3 Å². The summed E-state index contributed by atoms with van der Waals surface area (Å²) in [4.78, 5) is 0. The monoisotopic (exact) mass is 440 g/mol. The highest BCUT2D eigenvalue weighted by Crippen LogP contribution is 2.19. The molecule has 4 rings (SSSR count). The molecule has 0 aliphatic heterocycles. The number of halogens is 2. The van der Waals surface area contributed by atoms with Gasteiger partial charge in [-0.1, -0.05) is 48.0 Å². The third kappa shape index (κ3) is 5.22. The summed E-state index contributed by atoms with van der Waals surface area (Å²) in [5, 5.41) is 15.6. The molecule has 0 saturated carbocycles. The number of thiocarbonyl (C=S) groups is 1. The third-order valence-corrected chi connectivity index (χ3v) is 4.87. The highest BCUT2D eigenvalue weighted by atomic mass is 35.5. The lowest BCUT2D eigenvalue weighted by molar-refractivity contribution is 0.624. The SMILES string of the molecule is Fc1ccc(Cn2cc(NC(=S)Nc3cnn(Cc4ccccc4)c3)cn2)c(Cl)c1. The molecule has 0 spiro atoms. The highest BCUT2D eigenvalue weighted by molar-refractivity contribution is 7.80. The van der Waals surface area contributed by atoms with Gasteiger partial charge >= 0.3 is 0 Å². The molecule has 0 atom stereocenters. The molecule has 9 heteroatoms. The molecule has 6 nitrogen and oxygen atoms in total. The lowest BCUT2D eigenvalue weighted by Crippen LogP contribution is -2.18. The Morgan fingerprint density at radius 3 is 2.20 bits per heavy atom. The molecule has 0 amide bonds. The van der Waals surface area contributed by atoms with Crippen LogP contribution in [-0.4, -0.2) is 24.7 Å². The summed E-state index contributed by atoms with van der Waals surface area (Å²) in [6.07, 6.45) is 7.06. The van der Waals surface area contributed by atoms with Gasteiger partial charge in [-0.05, 0) is 35.5 Å². The van der Waals surface area contributed by atoms with Crippen molar-refractivity contribution in [3.63, 3.8) is 0 Å². The van der Waals surface area contributed by atoms with E-state index in [1.165, 1.54) is 17.7 Å². The van der Waals surface area contributed by atoms with E-state index in [2.05, 4.69) is 33.0 Å². The Hall–Kier alpha value is -3.23. The van der Waals surface area contributed by atoms with Crippen LogP contribution in [0.1, 0.15) is 11.1 Å². The van der Waals surface area contributed by atoms with Gasteiger partial charge in [0, 0.05) is 17.4 Å². The summed E-state index contributed by atoms with van der Waals surface area (Å²) in [7, 11) is 0. The summed E-state index contributed by atoms with van der Waals surface area (Å²) in [6.45, 7) is 1.11. The Kier molecular flexibility index (Phi) is 6.06. The molecular weight excluding hydrogens is 423 g/mol. The third-order valence-electron chi connectivity index (χ3n) is 4.32. The van der Waals surface area contributed by atoms with Crippen LogP contribution in [0.25, 0.3) is 0 Å². The number of benzene rings is 2. The second kappa shape index (κ2) is 9.06. The minimum absolute atomic E-state index is 0.365. The van der Waals surface area contributed by atoms with E-state index in [1.54, 1.807) is 29.3 Å². The molecule has 0 radical (unpaired) electrons. The van der Waals surface area contributed by atoms with Crippen LogP contribution in [0, 0.1) is 5.82 Å². The van der Waals surface area contributed by atoms with Crippen LogP contribution in [0.2, 0.25) is 5.02 Å². The van der Waals surface area contributed by atoms with Crippen LogP contribution in [0.4, 0.5) is 15.8 Å². The lowest BCUT2D eigenvalue weighted by atomic mass is 10.2. The summed E-state index contributed by atoms with van der Waals surface area (Å²) >= 11 is 11.5. The smallest absolute Gasteiger partial charge is 0.175 e. The zero-order valence-corrected chi connectivity index (χ0v) is 17.4. The number of anilines is 2. The number of aromatic nitrogens is 4. The van der Waals surface area contributed by atoms with Gasteiger partial charge in [0.2, 0.25) is 0 Å². The summed E-state index contributed by atoms with van der Waals surface area (Å²) in [5.74, 6) is -0.366. The Bertz CT molecular complexity index is 1160. The largest absolute Gasteiger partial charge is 0.330 e. The van der Waals surface area contributed by atoms with Crippen molar-refractivity contribution in [3.05, 3.63) is 95.3 Å². The van der Waals surface area contributed by atoms with Crippen LogP contribution < -0.4 is 10.6 Å². The molecule has 152 valence electrons. The molecule has 2 aromatic carbocycles. The molecule has 30 heavy (non-hydrogen) atoms. The first-order valence-corrected chi connectivity index (χ1v) is 9.94. The molecule has 0 saturated heterocycles. The number of rotatable bonds is 6. The van der Waals surface area contributed by atoms with Crippen molar-refractivity contribution in [1.29, 1.82) is 0 Å². The highest BCUT2D eigenvalue weighted by Gasteiger charge is 2.07. The van der Waals surface area contributed by atoms with Crippen molar-refractivity contribution in [1.82, 2.24) is 19.6 Å². The van der Waals surface area contributed by atoms with E-state index in [1.807, 2.05) is 29.1 Å². The maximum Gasteiger partial charge on any atom is 0.175 e. The second-order valence-electron chi connectivity index (χ2n) is 6.65. The molecule has 0 aliphatic carbocycles. The Morgan fingerprint density at radius 1 is 0.933 bits per heavy atom. The number of nitrogens with one attached hydrogen (secondary N) is 2.